The lowest BCUT2D eigenvalue weighted by Crippen LogP contribution is -1.98. The highest BCUT2D eigenvalue weighted by atomic mass is 19.1. The summed E-state index contributed by atoms with van der Waals surface area (Å²) in [4.78, 5) is 9.08. The quantitative estimate of drug-likeness (QED) is 0.223. The molecule has 0 saturated heterocycles. The maximum atomic E-state index is 15.2. The zero-order chi connectivity index (χ0) is 24.6. The molecule has 0 radical (unpaired) electrons. The second kappa shape index (κ2) is 11.7. The van der Waals surface area contributed by atoms with Crippen LogP contribution < -0.4 is 0 Å². The fourth-order valence-electron chi connectivity index (χ4n) is 4.32. The predicted octanol–water partition coefficient (Wildman–Crippen LogP) is 7.74. The van der Waals surface area contributed by atoms with E-state index in [4.69, 9.17) is 5.26 Å². The SMILES string of the molecule is CCCCCCCc1cnc(-c2ccc3c(F)c(CCc4ccc(C#N)c(F)c4)ccc3c2)nc1. The van der Waals surface area contributed by atoms with Gasteiger partial charge in [-0.05, 0) is 66.0 Å². The molecule has 0 aliphatic heterocycles. The van der Waals surface area contributed by atoms with Crippen LogP contribution >= 0.6 is 0 Å². The molecule has 0 N–H and O–H groups in total. The van der Waals surface area contributed by atoms with Crippen molar-refractivity contribution in [1.82, 2.24) is 9.97 Å². The van der Waals surface area contributed by atoms with Crippen molar-refractivity contribution in [3.05, 3.63) is 94.8 Å². The molecule has 5 heteroatoms. The van der Waals surface area contributed by atoms with Gasteiger partial charge in [0, 0.05) is 23.3 Å². The van der Waals surface area contributed by atoms with Crippen LogP contribution in [0.2, 0.25) is 0 Å². The highest BCUT2D eigenvalue weighted by molar-refractivity contribution is 5.87. The first kappa shape index (κ1) is 24.5. The summed E-state index contributed by atoms with van der Waals surface area (Å²) in [5.41, 5.74) is 3.32. The topological polar surface area (TPSA) is 49.6 Å². The van der Waals surface area contributed by atoms with Crippen LogP contribution in [0.3, 0.4) is 0 Å². The Hall–Kier alpha value is -3.65. The molecule has 1 aromatic heterocycles. The minimum absolute atomic E-state index is 0.0162. The standard InChI is InChI=1S/C30H29F2N3/c1-2-3-4-5-6-7-22-19-34-30(35-20-22)25-14-15-27-24(17-25)13-12-23(29(27)32)10-8-21-9-11-26(18-33)28(31)16-21/h9,11-17,19-20H,2-8,10H2,1H3. The molecule has 0 aliphatic rings. The number of rotatable bonds is 10. The van der Waals surface area contributed by atoms with Gasteiger partial charge in [0.25, 0.3) is 0 Å². The first-order valence-corrected chi connectivity index (χ1v) is 12.3. The van der Waals surface area contributed by atoms with E-state index < -0.39 is 5.82 Å². The number of benzene rings is 3. The Morgan fingerprint density at radius 3 is 2.34 bits per heavy atom. The summed E-state index contributed by atoms with van der Waals surface area (Å²) in [6, 6.07) is 15.6. The molecule has 35 heavy (non-hydrogen) atoms. The van der Waals surface area contributed by atoms with E-state index in [0.29, 0.717) is 29.6 Å². The van der Waals surface area contributed by atoms with Crippen molar-refractivity contribution in [1.29, 1.82) is 5.26 Å². The van der Waals surface area contributed by atoms with Crippen LogP contribution in [0.4, 0.5) is 8.78 Å². The lowest BCUT2D eigenvalue weighted by Gasteiger charge is -2.09. The number of hydrogen-bond acceptors (Lipinski definition) is 3. The Morgan fingerprint density at radius 1 is 0.800 bits per heavy atom. The van der Waals surface area contributed by atoms with Gasteiger partial charge in [0.15, 0.2) is 5.82 Å². The van der Waals surface area contributed by atoms with E-state index >= 15 is 4.39 Å². The van der Waals surface area contributed by atoms with Crippen LogP contribution in [0.15, 0.2) is 60.9 Å². The number of unbranched alkanes of at least 4 members (excludes halogenated alkanes) is 4. The van der Waals surface area contributed by atoms with Gasteiger partial charge in [-0.1, -0.05) is 62.9 Å². The predicted molar refractivity (Wildman–Crippen MR) is 136 cm³/mol. The maximum Gasteiger partial charge on any atom is 0.159 e. The van der Waals surface area contributed by atoms with E-state index in [2.05, 4.69) is 16.9 Å². The van der Waals surface area contributed by atoms with E-state index in [9.17, 15) is 4.39 Å². The number of nitriles is 1. The molecule has 0 unspecified atom stereocenters. The zero-order valence-electron chi connectivity index (χ0n) is 20.0. The summed E-state index contributed by atoms with van der Waals surface area (Å²) in [5, 5.41) is 10.2. The van der Waals surface area contributed by atoms with Gasteiger partial charge >= 0.3 is 0 Å². The summed E-state index contributed by atoms with van der Waals surface area (Å²) >= 11 is 0. The summed E-state index contributed by atoms with van der Waals surface area (Å²) in [6.07, 6.45) is 11.9. The van der Waals surface area contributed by atoms with Gasteiger partial charge in [0.2, 0.25) is 0 Å². The Balaban J connectivity index is 1.44. The third-order valence-electron chi connectivity index (χ3n) is 6.40. The van der Waals surface area contributed by atoms with Crippen LogP contribution in [0.5, 0.6) is 0 Å². The normalized spacial score (nSPS) is 11.0. The van der Waals surface area contributed by atoms with Gasteiger partial charge in [-0.2, -0.15) is 5.26 Å². The number of nitrogens with zero attached hydrogens (tertiary/aromatic N) is 3. The average molecular weight is 470 g/mol. The van der Waals surface area contributed by atoms with Crippen LogP contribution in [0, 0.1) is 23.0 Å². The Kier molecular flexibility index (Phi) is 8.15. The van der Waals surface area contributed by atoms with Crippen LogP contribution in [0.1, 0.15) is 61.3 Å². The van der Waals surface area contributed by atoms with Crippen molar-refractivity contribution >= 4 is 10.8 Å². The zero-order valence-corrected chi connectivity index (χ0v) is 20.0. The Bertz CT molecular complexity index is 1340. The highest BCUT2D eigenvalue weighted by Crippen LogP contribution is 2.27. The molecule has 0 atom stereocenters. The lowest BCUT2D eigenvalue weighted by molar-refractivity contribution is 0.616. The molecular formula is C30H29F2N3. The average Bonchev–Trinajstić information content (AvgIpc) is 2.88. The van der Waals surface area contributed by atoms with E-state index in [1.165, 1.54) is 37.8 Å². The number of hydrogen-bond donors (Lipinski definition) is 0. The molecule has 0 aliphatic carbocycles. The number of aromatic nitrogens is 2. The minimum Gasteiger partial charge on any atom is -0.236 e. The first-order chi connectivity index (χ1) is 17.1. The minimum atomic E-state index is -0.543. The van der Waals surface area contributed by atoms with Crippen LogP contribution in [0.25, 0.3) is 22.2 Å². The van der Waals surface area contributed by atoms with Gasteiger partial charge < -0.3 is 0 Å². The van der Waals surface area contributed by atoms with Crippen molar-refractivity contribution in [3.8, 4) is 17.5 Å². The highest BCUT2D eigenvalue weighted by Gasteiger charge is 2.11. The van der Waals surface area contributed by atoms with E-state index in [0.717, 1.165) is 34.9 Å². The third-order valence-corrected chi connectivity index (χ3v) is 6.40. The van der Waals surface area contributed by atoms with Gasteiger partial charge in [0.05, 0.1) is 5.56 Å². The Morgan fingerprint density at radius 2 is 1.60 bits per heavy atom. The molecule has 0 fully saturated rings. The fourth-order valence-corrected chi connectivity index (χ4v) is 4.32. The second-order valence-corrected chi connectivity index (χ2v) is 8.98. The lowest BCUT2D eigenvalue weighted by atomic mass is 9.98. The molecule has 3 nitrogen and oxygen atoms in total. The first-order valence-electron chi connectivity index (χ1n) is 12.3. The van der Waals surface area contributed by atoms with Gasteiger partial charge in [-0.15, -0.1) is 0 Å². The van der Waals surface area contributed by atoms with E-state index in [1.807, 2.05) is 36.7 Å². The number of halogens is 2. The molecule has 1 heterocycles. The van der Waals surface area contributed by atoms with E-state index in [-0.39, 0.29) is 11.4 Å². The molecular weight excluding hydrogens is 440 g/mol. The summed E-state index contributed by atoms with van der Waals surface area (Å²) in [5.74, 6) is -0.171. The van der Waals surface area contributed by atoms with Crippen LogP contribution in [-0.2, 0) is 19.3 Å². The number of aryl methyl sites for hydroxylation is 3. The summed E-state index contributed by atoms with van der Waals surface area (Å²) < 4.78 is 29.1. The van der Waals surface area contributed by atoms with Crippen molar-refractivity contribution in [2.45, 2.75) is 58.3 Å². The van der Waals surface area contributed by atoms with Gasteiger partial charge in [-0.3, -0.25) is 0 Å². The molecule has 4 rings (SSSR count). The fraction of sp³-hybridized carbons (Fsp3) is 0.300. The second-order valence-electron chi connectivity index (χ2n) is 8.98. The Labute approximate surface area is 205 Å². The molecule has 3 aromatic carbocycles. The number of fused-ring (bicyclic) bond motifs is 1. The van der Waals surface area contributed by atoms with Gasteiger partial charge in [-0.25, -0.2) is 18.7 Å². The molecule has 0 bridgehead atoms. The monoisotopic (exact) mass is 469 g/mol. The smallest absolute Gasteiger partial charge is 0.159 e. The van der Waals surface area contributed by atoms with Crippen molar-refractivity contribution in [2.24, 2.45) is 0 Å². The van der Waals surface area contributed by atoms with Crippen LogP contribution in [-0.4, -0.2) is 9.97 Å². The summed E-state index contributed by atoms with van der Waals surface area (Å²) in [7, 11) is 0. The summed E-state index contributed by atoms with van der Waals surface area (Å²) in [6.45, 7) is 2.22. The van der Waals surface area contributed by atoms with Crippen molar-refractivity contribution < 1.29 is 8.78 Å². The third kappa shape index (κ3) is 6.08. The molecule has 178 valence electrons. The van der Waals surface area contributed by atoms with Crippen molar-refractivity contribution in [3.63, 3.8) is 0 Å². The largest absolute Gasteiger partial charge is 0.236 e. The van der Waals surface area contributed by atoms with Crippen molar-refractivity contribution in [2.75, 3.05) is 0 Å². The molecule has 0 saturated carbocycles. The molecule has 0 spiro atoms. The van der Waals surface area contributed by atoms with E-state index in [1.54, 1.807) is 18.2 Å². The maximum absolute atomic E-state index is 15.2. The molecule has 0 amide bonds. The van der Waals surface area contributed by atoms with Gasteiger partial charge in [0.1, 0.15) is 17.7 Å². The molecule has 4 aromatic rings.